The first kappa shape index (κ1) is 17.9. The normalized spacial score (nSPS) is 11.7. The number of pyridine rings is 1. The zero-order chi connectivity index (χ0) is 18.9. The van der Waals surface area contributed by atoms with E-state index in [9.17, 15) is 27.6 Å². The highest BCUT2D eigenvalue weighted by molar-refractivity contribution is 7.17. The van der Waals surface area contributed by atoms with Crippen molar-refractivity contribution in [3.8, 4) is 0 Å². The Kier molecular flexibility index (Phi) is 4.64. The van der Waals surface area contributed by atoms with Crippen LogP contribution in [0.3, 0.4) is 0 Å². The lowest BCUT2D eigenvalue weighted by atomic mass is 10.2. The van der Waals surface area contributed by atoms with Gasteiger partial charge < -0.3 is 10.3 Å². The number of H-pyrrole nitrogens is 1. The molecule has 0 aromatic carbocycles. The van der Waals surface area contributed by atoms with Gasteiger partial charge in [0.25, 0.3) is 11.5 Å². The second kappa shape index (κ2) is 6.75. The number of amides is 1. The smallest absolute Gasteiger partial charge is 0.350 e. The molecule has 0 fully saturated rings. The van der Waals surface area contributed by atoms with E-state index in [1.165, 1.54) is 11.3 Å². The van der Waals surface area contributed by atoms with Crippen LogP contribution < -0.4 is 16.6 Å². The number of rotatable bonds is 4. The summed E-state index contributed by atoms with van der Waals surface area (Å²) in [6.45, 7) is -0.137. The van der Waals surface area contributed by atoms with Gasteiger partial charge in [-0.25, -0.2) is 4.79 Å². The van der Waals surface area contributed by atoms with Crippen LogP contribution in [0.25, 0.3) is 10.2 Å². The van der Waals surface area contributed by atoms with Crippen molar-refractivity contribution >= 4 is 27.5 Å². The number of nitrogens with zero attached hydrogens (tertiary/aromatic N) is 2. The molecule has 0 atom stereocenters. The third-order valence-corrected chi connectivity index (χ3v) is 4.43. The molecule has 1 amide bonds. The predicted molar refractivity (Wildman–Crippen MR) is 88.3 cm³/mol. The molecule has 0 saturated carbocycles. The number of carbonyl (C=O) groups excluding carboxylic acids is 1. The summed E-state index contributed by atoms with van der Waals surface area (Å²) < 4.78 is 38.7. The molecule has 26 heavy (non-hydrogen) atoms. The number of nitrogens with one attached hydrogen (secondary N) is 2. The Labute approximate surface area is 147 Å². The Morgan fingerprint density at radius 3 is 2.69 bits per heavy atom. The predicted octanol–water partition coefficient (Wildman–Crippen LogP) is 1.60. The van der Waals surface area contributed by atoms with E-state index in [0.29, 0.717) is 16.3 Å². The molecule has 11 heteroatoms. The minimum atomic E-state index is -4.59. The maximum atomic E-state index is 12.4. The third kappa shape index (κ3) is 3.52. The molecule has 2 N–H and O–H groups in total. The van der Waals surface area contributed by atoms with E-state index in [1.54, 1.807) is 11.4 Å². The van der Waals surface area contributed by atoms with Crippen molar-refractivity contribution in [3.63, 3.8) is 0 Å². The first-order valence-corrected chi connectivity index (χ1v) is 8.17. The zero-order valence-corrected chi connectivity index (χ0v) is 13.8. The summed E-state index contributed by atoms with van der Waals surface area (Å²) in [6, 6.07) is 3.32. The van der Waals surface area contributed by atoms with Crippen molar-refractivity contribution in [2.24, 2.45) is 0 Å². The summed E-state index contributed by atoms with van der Waals surface area (Å²) in [4.78, 5) is 41.8. The lowest BCUT2D eigenvalue weighted by Gasteiger charge is -2.08. The van der Waals surface area contributed by atoms with Crippen LogP contribution >= 0.6 is 11.3 Å². The van der Waals surface area contributed by atoms with Gasteiger partial charge in [0.1, 0.15) is 10.4 Å². The van der Waals surface area contributed by atoms with E-state index >= 15 is 0 Å². The average molecular weight is 384 g/mol. The van der Waals surface area contributed by atoms with Gasteiger partial charge >= 0.3 is 11.9 Å². The molecule has 136 valence electrons. The molecule has 3 aromatic rings. The molecule has 3 aromatic heterocycles. The summed E-state index contributed by atoms with van der Waals surface area (Å²) in [5, 5.41) is 4.11. The second-order valence-electron chi connectivity index (χ2n) is 5.24. The van der Waals surface area contributed by atoms with Gasteiger partial charge in [0.2, 0.25) is 0 Å². The summed E-state index contributed by atoms with van der Waals surface area (Å²) in [5.74, 6) is -0.659. The number of carbonyl (C=O) groups is 1. The molecule has 0 bridgehead atoms. The monoisotopic (exact) mass is 384 g/mol. The van der Waals surface area contributed by atoms with Gasteiger partial charge in [-0.2, -0.15) is 13.2 Å². The van der Waals surface area contributed by atoms with Crippen LogP contribution in [0.2, 0.25) is 0 Å². The number of fused-ring (bicyclic) bond motifs is 1. The number of aromatic nitrogens is 3. The van der Waals surface area contributed by atoms with E-state index in [1.807, 2.05) is 0 Å². The maximum absolute atomic E-state index is 12.4. The Bertz CT molecular complexity index is 1070. The number of aromatic amines is 1. The molecular formula is C15H11F3N4O3S. The molecule has 0 unspecified atom stereocenters. The quantitative estimate of drug-likeness (QED) is 0.714. The average Bonchev–Trinajstić information content (AvgIpc) is 3.05. The summed E-state index contributed by atoms with van der Waals surface area (Å²) in [7, 11) is 0. The van der Waals surface area contributed by atoms with Crippen LogP contribution in [0.5, 0.6) is 0 Å². The van der Waals surface area contributed by atoms with E-state index in [0.717, 1.165) is 16.8 Å². The Morgan fingerprint density at radius 2 is 2.04 bits per heavy atom. The van der Waals surface area contributed by atoms with Crippen molar-refractivity contribution in [1.29, 1.82) is 0 Å². The standard InChI is InChI=1S/C15H11F3N4O3S/c16-15(17,18)10-2-1-8(7-20-10)12(23)19-4-5-22-13(24)11-9(3-6-26-11)21-14(22)25/h1-3,6-7H,4-5H2,(H,19,23)(H,21,25). The van der Waals surface area contributed by atoms with Gasteiger partial charge in [-0.1, -0.05) is 0 Å². The number of halogens is 3. The number of hydrogen-bond acceptors (Lipinski definition) is 5. The van der Waals surface area contributed by atoms with Crippen LogP contribution in [-0.2, 0) is 12.7 Å². The molecule has 0 aliphatic heterocycles. The largest absolute Gasteiger partial charge is 0.433 e. The van der Waals surface area contributed by atoms with Crippen molar-refractivity contribution in [2.75, 3.05) is 6.54 Å². The molecule has 0 spiro atoms. The van der Waals surface area contributed by atoms with Crippen molar-refractivity contribution in [1.82, 2.24) is 19.9 Å². The van der Waals surface area contributed by atoms with Crippen molar-refractivity contribution < 1.29 is 18.0 Å². The highest BCUT2D eigenvalue weighted by atomic mass is 32.1. The van der Waals surface area contributed by atoms with Crippen LogP contribution in [0.1, 0.15) is 16.1 Å². The van der Waals surface area contributed by atoms with E-state index < -0.39 is 29.0 Å². The molecule has 0 aliphatic rings. The SMILES string of the molecule is O=C(NCCn1c(=O)[nH]c2ccsc2c1=O)c1ccc(C(F)(F)F)nc1. The van der Waals surface area contributed by atoms with Gasteiger partial charge in [-0.15, -0.1) is 11.3 Å². The van der Waals surface area contributed by atoms with Gasteiger partial charge in [-0.3, -0.25) is 19.1 Å². The van der Waals surface area contributed by atoms with Crippen molar-refractivity contribution in [2.45, 2.75) is 12.7 Å². The minimum Gasteiger partial charge on any atom is -0.350 e. The van der Waals surface area contributed by atoms with Gasteiger partial charge in [0, 0.05) is 19.3 Å². The van der Waals surface area contributed by atoms with Gasteiger partial charge in [0.05, 0.1) is 11.1 Å². The zero-order valence-electron chi connectivity index (χ0n) is 13.0. The van der Waals surface area contributed by atoms with Crippen molar-refractivity contribution in [3.05, 3.63) is 61.9 Å². The molecule has 0 radical (unpaired) electrons. The number of hydrogen-bond donors (Lipinski definition) is 2. The summed E-state index contributed by atoms with van der Waals surface area (Å²) >= 11 is 1.19. The molecule has 0 saturated heterocycles. The maximum Gasteiger partial charge on any atom is 0.433 e. The van der Waals surface area contributed by atoms with Gasteiger partial charge in [0.15, 0.2) is 0 Å². The highest BCUT2D eigenvalue weighted by Gasteiger charge is 2.32. The number of thiophene rings is 1. The van der Waals surface area contributed by atoms with Crippen LogP contribution in [0, 0.1) is 0 Å². The first-order chi connectivity index (χ1) is 12.3. The Hall–Kier alpha value is -2.95. The fraction of sp³-hybridized carbons (Fsp3) is 0.200. The summed E-state index contributed by atoms with van der Waals surface area (Å²) in [5.41, 5.74) is -1.79. The fourth-order valence-corrected chi connectivity index (χ4v) is 3.05. The van der Waals surface area contributed by atoms with Crippen LogP contribution in [-0.4, -0.2) is 27.0 Å². The fourth-order valence-electron chi connectivity index (χ4n) is 2.25. The van der Waals surface area contributed by atoms with E-state index in [2.05, 4.69) is 15.3 Å². The van der Waals surface area contributed by atoms with Crippen LogP contribution in [0.4, 0.5) is 13.2 Å². The Morgan fingerprint density at radius 1 is 1.27 bits per heavy atom. The molecular weight excluding hydrogens is 373 g/mol. The molecule has 0 aliphatic carbocycles. The lowest BCUT2D eigenvalue weighted by Crippen LogP contribution is -2.38. The molecule has 7 nitrogen and oxygen atoms in total. The third-order valence-electron chi connectivity index (χ3n) is 3.53. The number of alkyl halides is 3. The Balaban J connectivity index is 1.67. The topological polar surface area (TPSA) is 96.9 Å². The van der Waals surface area contributed by atoms with Crippen LogP contribution in [0.15, 0.2) is 39.4 Å². The molecule has 3 rings (SSSR count). The summed E-state index contributed by atoms with van der Waals surface area (Å²) in [6.07, 6.45) is -3.77. The second-order valence-corrected chi connectivity index (χ2v) is 6.15. The lowest BCUT2D eigenvalue weighted by molar-refractivity contribution is -0.141. The first-order valence-electron chi connectivity index (χ1n) is 7.29. The van der Waals surface area contributed by atoms with E-state index in [-0.39, 0.29) is 18.7 Å². The van der Waals surface area contributed by atoms with Gasteiger partial charge in [-0.05, 0) is 23.6 Å². The molecule has 3 heterocycles. The minimum absolute atomic E-state index is 0.0558. The highest BCUT2D eigenvalue weighted by Crippen LogP contribution is 2.27. The van der Waals surface area contributed by atoms with E-state index in [4.69, 9.17) is 0 Å².